The molecule has 0 aromatic heterocycles. The highest BCUT2D eigenvalue weighted by Gasteiger charge is 1.82. The second-order valence-corrected chi connectivity index (χ2v) is 3.48. The van der Waals surface area contributed by atoms with Gasteiger partial charge in [0.25, 0.3) is 0 Å². The van der Waals surface area contributed by atoms with Crippen molar-refractivity contribution in [3.05, 3.63) is 47.0 Å². The van der Waals surface area contributed by atoms with Gasteiger partial charge in [0.05, 0.1) is 0 Å². The summed E-state index contributed by atoms with van der Waals surface area (Å²) in [6.45, 7) is 3.70. The van der Waals surface area contributed by atoms with E-state index >= 15 is 0 Å². The molecule has 0 aliphatic rings. The predicted octanol–water partition coefficient (Wildman–Crippen LogP) is 3.34. The van der Waals surface area contributed by atoms with Gasteiger partial charge in [-0.1, -0.05) is 52.5 Å². The molecule has 0 saturated heterocycles. The standard InChI is InChI=1S/C11H9Br/c1-10(12)6-5-9-11-7-3-2-4-8-11/h2-4,7-8H,1,6H2. The van der Waals surface area contributed by atoms with Crippen molar-refractivity contribution >= 4 is 15.9 Å². The van der Waals surface area contributed by atoms with Gasteiger partial charge in [0.1, 0.15) is 0 Å². The number of rotatable bonds is 1. The zero-order valence-electron chi connectivity index (χ0n) is 6.68. The number of halogens is 1. The van der Waals surface area contributed by atoms with E-state index in [9.17, 15) is 0 Å². The Kier molecular flexibility index (Phi) is 3.63. The van der Waals surface area contributed by atoms with E-state index in [0.717, 1.165) is 10.0 Å². The van der Waals surface area contributed by atoms with Crippen LogP contribution in [0.15, 0.2) is 41.4 Å². The van der Waals surface area contributed by atoms with Gasteiger partial charge in [-0.15, -0.1) is 0 Å². The van der Waals surface area contributed by atoms with Gasteiger partial charge in [0.2, 0.25) is 0 Å². The minimum absolute atomic E-state index is 0.703. The van der Waals surface area contributed by atoms with Crippen molar-refractivity contribution in [1.29, 1.82) is 0 Å². The van der Waals surface area contributed by atoms with E-state index in [1.54, 1.807) is 0 Å². The van der Waals surface area contributed by atoms with Crippen LogP contribution in [0.3, 0.4) is 0 Å². The van der Waals surface area contributed by atoms with Crippen LogP contribution in [0, 0.1) is 11.8 Å². The summed E-state index contributed by atoms with van der Waals surface area (Å²) < 4.78 is 0.922. The van der Waals surface area contributed by atoms with Crippen molar-refractivity contribution < 1.29 is 0 Å². The molecule has 1 rings (SSSR count). The van der Waals surface area contributed by atoms with E-state index in [-0.39, 0.29) is 0 Å². The van der Waals surface area contributed by atoms with Crippen LogP contribution in [0.5, 0.6) is 0 Å². The lowest BCUT2D eigenvalue weighted by Gasteiger charge is -1.86. The highest BCUT2D eigenvalue weighted by atomic mass is 79.9. The minimum Gasteiger partial charge on any atom is -0.0926 e. The van der Waals surface area contributed by atoms with E-state index < -0.39 is 0 Å². The Labute approximate surface area is 81.4 Å². The molecule has 60 valence electrons. The summed E-state index contributed by atoms with van der Waals surface area (Å²) >= 11 is 3.25. The Bertz CT molecular complexity index is 314. The molecule has 0 bridgehead atoms. The second-order valence-electron chi connectivity index (χ2n) is 2.36. The number of hydrogen-bond acceptors (Lipinski definition) is 0. The third kappa shape index (κ3) is 3.41. The third-order valence-electron chi connectivity index (χ3n) is 1.29. The molecule has 0 spiro atoms. The molecule has 0 saturated carbocycles. The Morgan fingerprint density at radius 2 is 2.00 bits per heavy atom. The van der Waals surface area contributed by atoms with Gasteiger partial charge >= 0.3 is 0 Å². The Morgan fingerprint density at radius 3 is 2.58 bits per heavy atom. The predicted molar refractivity (Wildman–Crippen MR) is 56.0 cm³/mol. The Morgan fingerprint density at radius 1 is 1.33 bits per heavy atom. The van der Waals surface area contributed by atoms with Gasteiger partial charge in [-0.25, -0.2) is 0 Å². The Hall–Kier alpha value is -1.00. The smallest absolute Gasteiger partial charge is 0.0404 e. The van der Waals surface area contributed by atoms with Gasteiger partial charge in [0.15, 0.2) is 0 Å². The molecule has 0 radical (unpaired) electrons. The van der Waals surface area contributed by atoms with Gasteiger partial charge in [-0.2, -0.15) is 0 Å². The van der Waals surface area contributed by atoms with Crippen LogP contribution in [-0.4, -0.2) is 0 Å². The maximum absolute atomic E-state index is 3.70. The first-order valence-corrected chi connectivity index (χ1v) is 4.45. The van der Waals surface area contributed by atoms with E-state index in [4.69, 9.17) is 0 Å². The van der Waals surface area contributed by atoms with Crippen molar-refractivity contribution in [2.24, 2.45) is 0 Å². The van der Waals surface area contributed by atoms with Crippen molar-refractivity contribution in [2.75, 3.05) is 0 Å². The van der Waals surface area contributed by atoms with Crippen molar-refractivity contribution in [3.63, 3.8) is 0 Å². The number of allylic oxidation sites excluding steroid dienone is 1. The fourth-order valence-corrected chi connectivity index (χ4v) is 0.904. The molecule has 0 heterocycles. The highest BCUT2D eigenvalue weighted by molar-refractivity contribution is 9.11. The summed E-state index contributed by atoms with van der Waals surface area (Å²) in [5, 5.41) is 0. The quantitative estimate of drug-likeness (QED) is 0.638. The molecule has 0 fully saturated rings. The monoisotopic (exact) mass is 220 g/mol. The molecule has 0 N–H and O–H groups in total. The lowest BCUT2D eigenvalue weighted by Crippen LogP contribution is -1.70. The molecule has 12 heavy (non-hydrogen) atoms. The SMILES string of the molecule is C=C(Br)CC#Cc1ccccc1. The summed E-state index contributed by atoms with van der Waals surface area (Å²) in [4.78, 5) is 0. The summed E-state index contributed by atoms with van der Waals surface area (Å²) in [5.74, 6) is 6.04. The van der Waals surface area contributed by atoms with Crippen molar-refractivity contribution in [2.45, 2.75) is 6.42 Å². The normalized spacial score (nSPS) is 8.42. The molecular formula is C11H9Br. The fraction of sp³-hybridized carbons (Fsp3) is 0.0909. The van der Waals surface area contributed by atoms with Gasteiger partial charge in [0, 0.05) is 12.0 Å². The van der Waals surface area contributed by atoms with Crippen molar-refractivity contribution in [3.8, 4) is 11.8 Å². The van der Waals surface area contributed by atoms with Crippen LogP contribution in [0.1, 0.15) is 12.0 Å². The molecule has 1 heteroatoms. The van der Waals surface area contributed by atoms with Crippen LogP contribution in [0.2, 0.25) is 0 Å². The first kappa shape index (κ1) is 9.09. The molecular weight excluding hydrogens is 212 g/mol. The molecule has 0 unspecified atom stereocenters. The molecule has 0 amide bonds. The molecule has 0 aliphatic carbocycles. The number of hydrogen-bond donors (Lipinski definition) is 0. The molecule has 1 aromatic carbocycles. The highest BCUT2D eigenvalue weighted by Crippen LogP contribution is 2.04. The van der Waals surface area contributed by atoms with Crippen LogP contribution in [0.4, 0.5) is 0 Å². The maximum Gasteiger partial charge on any atom is 0.0404 e. The van der Waals surface area contributed by atoms with E-state index in [1.165, 1.54) is 0 Å². The van der Waals surface area contributed by atoms with Gasteiger partial charge < -0.3 is 0 Å². The largest absolute Gasteiger partial charge is 0.0926 e. The zero-order valence-corrected chi connectivity index (χ0v) is 8.26. The van der Waals surface area contributed by atoms with E-state index in [1.807, 2.05) is 30.3 Å². The van der Waals surface area contributed by atoms with E-state index in [0.29, 0.717) is 6.42 Å². The fourth-order valence-electron chi connectivity index (χ4n) is 0.764. The van der Waals surface area contributed by atoms with Crippen molar-refractivity contribution in [1.82, 2.24) is 0 Å². The Balaban J connectivity index is 2.61. The summed E-state index contributed by atoms with van der Waals surface area (Å²) in [6.07, 6.45) is 0.703. The molecule has 0 atom stereocenters. The van der Waals surface area contributed by atoms with Crippen LogP contribution >= 0.6 is 15.9 Å². The number of benzene rings is 1. The molecule has 0 nitrogen and oxygen atoms in total. The van der Waals surface area contributed by atoms with Crippen LogP contribution in [-0.2, 0) is 0 Å². The zero-order chi connectivity index (χ0) is 8.81. The average molecular weight is 221 g/mol. The lowest BCUT2D eigenvalue weighted by molar-refractivity contribution is 1.46. The van der Waals surface area contributed by atoms with Gasteiger partial charge in [-0.3, -0.25) is 0 Å². The maximum atomic E-state index is 3.70. The van der Waals surface area contributed by atoms with Crippen LogP contribution < -0.4 is 0 Å². The minimum atomic E-state index is 0.703. The summed E-state index contributed by atoms with van der Waals surface area (Å²) in [6, 6.07) is 9.92. The lowest BCUT2D eigenvalue weighted by atomic mass is 10.2. The first-order chi connectivity index (χ1) is 5.79. The van der Waals surface area contributed by atoms with Gasteiger partial charge in [-0.05, 0) is 16.6 Å². The third-order valence-corrected chi connectivity index (χ3v) is 1.57. The topological polar surface area (TPSA) is 0 Å². The average Bonchev–Trinajstić information content (AvgIpc) is 2.05. The van der Waals surface area contributed by atoms with E-state index in [2.05, 4.69) is 34.3 Å². The first-order valence-electron chi connectivity index (χ1n) is 3.66. The molecule has 0 aliphatic heterocycles. The molecule has 1 aromatic rings. The summed E-state index contributed by atoms with van der Waals surface area (Å²) in [7, 11) is 0. The van der Waals surface area contributed by atoms with Crippen LogP contribution in [0.25, 0.3) is 0 Å². The second kappa shape index (κ2) is 4.79. The summed E-state index contributed by atoms with van der Waals surface area (Å²) in [5.41, 5.74) is 1.05.